The summed E-state index contributed by atoms with van der Waals surface area (Å²) < 4.78 is 27.0. The zero-order valence-electron chi connectivity index (χ0n) is 11.1. The van der Waals surface area contributed by atoms with Gasteiger partial charge in [-0.1, -0.05) is 18.2 Å². The van der Waals surface area contributed by atoms with E-state index in [-0.39, 0.29) is 11.6 Å². The second-order valence-corrected chi connectivity index (χ2v) is 5.04. The summed E-state index contributed by atoms with van der Waals surface area (Å²) in [5, 5.41) is 12.8. The van der Waals surface area contributed by atoms with E-state index in [1.165, 1.54) is 30.3 Å². The molecular formula is C16H13F2NO2. The summed E-state index contributed by atoms with van der Waals surface area (Å²) in [6, 6.07) is 8.27. The van der Waals surface area contributed by atoms with Gasteiger partial charge in [0.25, 0.3) is 0 Å². The molecule has 3 rings (SSSR count). The largest absolute Gasteiger partial charge is 0.384 e. The Morgan fingerprint density at radius 1 is 1.05 bits per heavy atom. The molecule has 0 spiro atoms. The Balaban J connectivity index is 1.97. The summed E-state index contributed by atoms with van der Waals surface area (Å²) in [5.74, 6) is -1.18. The molecule has 0 saturated heterocycles. The van der Waals surface area contributed by atoms with Crippen LogP contribution in [0.1, 0.15) is 29.2 Å². The van der Waals surface area contributed by atoms with Gasteiger partial charge < -0.3 is 10.4 Å². The Morgan fingerprint density at radius 2 is 1.76 bits per heavy atom. The number of hydrogen-bond acceptors (Lipinski definition) is 2. The number of fused-ring (bicyclic) bond motifs is 1. The van der Waals surface area contributed by atoms with E-state index in [9.17, 15) is 18.7 Å². The van der Waals surface area contributed by atoms with Crippen molar-refractivity contribution in [2.75, 3.05) is 5.32 Å². The molecule has 1 unspecified atom stereocenters. The lowest BCUT2D eigenvalue weighted by Crippen LogP contribution is -2.20. The summed E-state index contributed by atoms with van der Waals surface area (Å²) in [6.07, 6.45) is -0.312. The van der Waals surface area contributed by atoms with Crippen LogP contribution in [0, 0.1) is 11.6 Å². The normalized spacial score (nSPS) is 15.3. The molecule has 1 atom stereocenters. The number of carbonyl (C=O) groups excluding carboxylic acids is 1. The first-order valence-electron chi connectivity index (χ1n) is 6.60. The first-order chi connectivity index (χ1) is 10.0. The number of carbonyl (C=O) groups is 1. The third-order valence-electron chi connectivity index (χ3n) is 3.58. The van der Waals surface area contributed by atoms with Gasteiger partial charge in [0.1, 0.15) is 17.7 Å². The van der Waals surface area contributed by atoms with Crippen LogP contribution in [0.3, 0.4) is 0 Å². The van der Waals surface area contributed by atoms with Crippen molar-refractivity contribution in [3.05, 3.63) is 64.7 Å². The lowest BCUT2D eigenvalue weighted by Gasteiger charge is -2.20. The molecule has 0 aliphatic carbocycles. The van der Waals surface area contributed by atoms with E-state index in [0.29, 0.717) is 29.5 Å². The van der Waals surface area contributed by atoms with Crippen molar-refractivity contribution in [2.24, 2.45) is 0 Å². The van der Waals surface area contributed by atoms with E-state index in [4.69, 9.17) is 0 Å². The molecule has 0 fully saturated rings. The van der Waals surface area contributed by atoms with E-state index in [0.717, 1.165) is 0 Å². The fraction of sp³-hybridized carbons (Fsp3) is 0.188. The SMILES string of the molecule is O=C1CCc2cc(C(O)c3ccc(F)cc3)cc(F)c2N1. The van der Waals surface area contributed by atoms with Gasteiger partial charge in [0.2, 0.25) is 5.91 Å². The van der Waals surface area contributed by atoms with Crippen molar-refractivity contribution in [1.29, 1.82) is 0 Å². The molecule has 108 valence electrons. The fourth-order valence-electron chi connectivity index (χ4n) is 2.47. The quantitative estimate of drug-likeness (QED) is 0.893. The number of aliphatic hydroxyl groups is 1. The lowest BCUT2D eigenvalue weighted by atomic mass is 9.95. The summed E-state index contributed by atoms with van der Waals surface area (Å²) in [5.41, 5.74) is 1.71. The third-order valence-corrected chi connectivity index (χ3v) is 3.58. The van der Waals surface area contributed by atoms with E-state index >= 15 is 0 Å². The molecule has 2 aromatic carbocycles. The molecule has 2 aromatic rings. The Hall–Kier alpha value is -2.27. The number of hydrogen-bond donors (Lipinski definition) is 2. The van der Waals surface area contributed by atoms with E-state index in [1.807, 2.05) is 0 Å². The number of rotatable bonds is 2. The Morgan fingerprint density at radius 3 is 2.48 bits per heavy atom. The van der Waals surface area contributed by atoms with Crippen molar-refractivity contribution in [2.45, 2.75) is 18.9 Å². The predicted octanol–water partition coefficient (Wildman–Crippen LogP) is 2.93. The van der Waals surface area contributed by atoms with Gasteiger partial charge in [-0.25, -0.2) is 8.78 Å². The van der Waals surface area contributed by atoms with Crippen LogP contribution in [-0.4, -0.2) is 11.0 Å². The average Bonchev–Trinajstić information content (AvgIpc) is 2.48. The van der Waals surface area contributed by atoms with E-state index in [2.05, 4.69) is 5.32 Å². The lowest BCUT2D eigenvalue weighted by molar-refractivity contribution is -0.116. The average molecular weight is 289 g/mol. The number of aryl methyl sites for hydroxylation is 1. The molecule has 0 aromatic heterocycles. The van der Waals surface area contributed by atoms with Gasteiger partial charge in [0.05, 0.1) is 5.69 Å². The first-order valence-corrected chi connectivity index (χ1v) is 6.60. The smallest absolute Gasteiger partial charge is 0.224 e. The number of anilines is 1. The highest BCUT2D eigenvalue weighted by Crippen LogP contribution is 2.31. The predicted molar refractivity (Wildman–Crippen MR) is 73.8 cm³/mol. The van der Waals surface area contributed by atoms with Crippen molar-refractivity contribution in [1.82, 2.24) is 0 Å². The van der Waals surface area contributed by atoms with Gasteiger partial charge in [-0.05, 0) is 41.3 Å². The van der Waals surface area contributed by atoms with Gasteiger partial charge in [0.15, 0.2) is 0 Å². The summed E-state index contributed by atoms with van der Waals surface area (Å²) >= 11 is 0. The topological polar surface area (TPSA) is 49.3 Å². The molecule has 0 saturated carbocycles. The highest BCUT2D eigenvalue weighted by molar-refractivity contribution is 5.94. The van der Waals surface area contributed by atoms with E-state index < -0.39 is 17.7 Å². The maximum Gasteiger partial charge on any atom is 0.224 e. The van der Waals surface area contributed by atoms with E-state index in [1.54, 1.807) is 6.07 Å². The maximum atomic E-state index is 14.1. The molecule has 5 heteroatoms. The number of halogens is 2. The first kappa shape index (κ1) is 13.7. The number of benzene rings is 2. The molecule has 3 nitrogen and oxygen atoms in total. The van der Waals surface area contributed by atoms with Crippen LogP contribution in [0.2, 0.25) is 0 Å². The molecular weight excluding hydrogens is 276 g/mol. The Bertz CT molecular complexity index is 698. The summed E-state index contributed by atoms with van der Waals surface area (Å²) in [6.45, 7) is 0. The van der Waals surface area contributed by atoms with Crippen molar-refractivity contribution >= 4 is 11.6 Å². The molecule has 2 N–H and O–H groups in total. The van der Waals surface area contributed by atoms with Gasteiger partial charge in [-0.3, -0.25) is 4.79 Å². The summed E-state index contributed by atoms with van der Waals surface area (Å²) in [7, 11) is 0. The molecule has 21 heavy (non-hydrogen) atoms. The number of aliphatic hydroxyl groups excluding tert-OH is 1. The molecule has 0 radical (unpaired) electrons. The number of nitrogens with one attached hydrogen (secondary N) is 1. The van der Waals surface area contributed by atoms with Crippen LogP contribution in [0.15, 0.2) is 36.4 Å². The van der Waals surface area contributed by atoms with Gasteiger partial charge >= 0.3 is 0 Å². The Kier molecular flexibility index (Phi) is 3.43. The van der Waals surface area contributed by atoms with Gasteiger partial charge in [-0.15, -0.1) is 0 Å². The summed E-state index contributed by atoms with van der Waals surface area (Å²) in [4.78, 5) is 11.3. The zero-order chi connectivity index (χ0) is 15.0. The van der Waals surface area contributed by atoms with Crippen molar-refractivity contribution in [3.8, 4) is 0 Å². The van der Waals surface area contributed by atoms with Gasteiger partial charge in [-0.2, -0.15) is 0 Å². The van der Waals surface area contributed by atoms with Crippen LogP contribution < -0.4 is 5.32 Å². The second-order valence-electron chi connectivity index (χ2n) is 5.04. The van der Waals surface area contributed by atoms with Crippen LogP contribution >= 0.6 is 0 Å². The van der Waals surface area contributed by atoms with Gasteiger partial charge in [0, 0.05) is 6.42 Å². The highest BCUT2D eigenvalue weighted by Gasteiger charge is 2.21. The molecule has 1 heterocycles. The molecule has 1 aliphatic rings. The van der Waals surface area contributed by atoms with Crippen LogP contribution in [-0.2, 0) is 11.2 Å². The van der Waals surface area contributed by atoms with Crippen LogP contribution in [0.4, 0.5) is 14.5 Å². The minimum atomic E-state index is -1.04. The monoisotopic (exact) mass is 289 g/mol. The number of amides is 1. The van der Waals surface area contributed by atoms with Crippen LogP contribution in [0.5, 0.6) is 0 Å². The van der Waals surface area contributed by atoms with Crippen LogP contribution in [0.25, 0.3) is 0 Å². The maximum absolute atomic E-state index is 14.1. The molecule has 0 bridgehead atoms. The second kappa shape index (κ2) is 5.26. The molecule has 1 aliphatic heterocycles. The third kappa shape index (κ3) is 2.64. The highest BCUT2D eigenvalue weighted by atomic mass is 19.1. The fourth-order valence-corrected chi connectivity index (χ4v) is 2.47. The zero-order valence-corrected chi connectivity index (χ0v) is 11.1. The van der Waals surface area contributed by atoms with Crippen molar-refractivity contribution < 1.29 is 18.7 Å². The van der Waals surface area contributed by atoms with Crippen molar-refractivity contribution in [3.63, 3.8) is 0 Å². The standard InChI is InChI=1S/C16H13F2NO2/c17-12-4-1-9(2-5-12)16(21)11-7-10-3-6-14(20)19-15(10)13(18)8-11/h1-2,4-5,7-8,16,21H,3,6H2,(H,19,20). The Labute approximate surface area is 120 Å². The minimum absolute atomic E-state index is 0.182. The minimum Gasteiger partial charge on any atom is -0.384 e. The molecule has 1 amide bonds.